The first-order valence-corrected chi connectivity index (χ1v) is 21.7. The topological polar surface area (TPSA) is 42.7 Å². The van der Waals surface area contributed by atoms with Crippen LogP contribution in [0.25, 0.3) is 110 Å². The van der Waals surface area contributed by atoms with Gasteiger partial charge in [-0.3, -0.25) is 0 Å². The molecule has 0 saturated heterocycles. The maximum Gasteiger partial charge on any atom is 0.144 e. The molecule has 0 amide bonds. The number of benzene rings is 10. The minimum absolute atomic E-state index is 0.806. The molecule has 300 valence electrons. The first kappa shape index (κ1) is 36.1. The van der Waals surface area contributed by atoms with Crippen molar-refractivity contribution in [3.8, 4) is 44.5 Å². The lowest BCUT2D eigenvalue weighted by Gasteiger charge is -2.26. The first-order chi connectivity index (χ1) is 31.7. The predicted octanol–water partition coefficient (Wildman–Crippen LogP) is 17.5. The lowest BCUT2D eigenvalue weighted by Crippen LogP contribution is -2.09. The molecule has 64 heavy (non-hydrogen) atoms. The van der Waals surface area contributed by atoms with Crippen LogP contribution in [0.4, 0.5) is 17.1 Å². The zero-order valence-corrected chi connectivity index (χ0v) is 34.5. The van der Waals surface area contributed by atoms with Crippen LogP contribution in [0.2, 0.25) is 0 Å². The smallest absolute Gasteiger partial charge is 0.144 e. The van der Waals surface area contributed by atoms with Crippen molar-refractivity contribution in [1.82, 2.24) is 0 Å². The summed E-state index contributed by atoms with van der Waals surface area (Å²) in [5.74, 6) is 0. The summed E-state index contributed by atoms with van der Waals surface area (Å²) in [6.07, 6.45) is 0. The Morgan fingerprint density at radius 2 is 0.719 bits per heavy atom. The van der Waals surface area contributed by atoms with Crippen molar-refractivity contribution in [1.29, 1.82) is 0 Å². The molecule has 13 aromatic rings. The number of hydrogen-bond acceptors (Lipinski definition) is 4. The second-order valence-corrected chi connectivity index (χ2v) is 16.4. The number of para-hydroxylation sites is 3. The van der Waals surface area contributed by atoms with Gasteiger partial charge in [0, 0.05) is 60.5 Å². The summed E-state index contributed by atoms with van der Waals surface area (Å²) in [5.41, 5.74) is 17.0. The highest BCUT2D eigenvalue weighted by molar-refractivity contribution is 6.28. The average Bonchev–Trinajstić information content (AvgIpc) is 4.06. The molecule has 0 radical (unpaired) electrons. The fourth-order valence-electron chi connectivity index (χ4n) is 9.70. The van der Waals surface area contributed by atoms with Gasteiger partial charge in [0.1, 0.15) is 33.5 Å². The van der Waals surface area contributed by atoms with Gasteiger partial charge >= 0.3 is 0 Å². The van der Waals surface area contributed by atoms with Crippen LogP contribution in [0.5, 0.6) is 0 Å². The molecule has 0 aliphatic heterocycles. The quantitative estimate of drug-likeness (QED) is 0.161. The van der Waals surface area contributed by atoms with Crippen LogP contribution in [-0.2, 0) is 0 Å². The minimum Gasteiger partial charge on any atom is -0.456 e. The molecule has 0 bridgehead atoms. The van der Waals surface area contributed by atoms with Crippen LogP contribution < -0.4 is 4.90 Å². The SMILES string of the molecule is c1ccc(-c2ccc(N(c3ccc(-c4ccccc4)cc3)c3ccc(-c4ccc5c(oc6ccc7oc8ccccc8c7c65)c4-c4cccc5c4oc4ccccc45)cc3)cc2)cc1. The Bertz CT molecular complexity index is 3780. The summed E-state index contributed by atoms with van der Waals surface area (Å²) >= 11 is 0. The molecule has 3 heterocycles. The second kappa shape index (κ2) is 14.5. The number of anilines is 3. The summed E-state index contributed by atoms with van der Waals surface area (Å²) in [6.45, 7) is 0. The van der Waals surface area contributed by atoms with Gasteiger partial charge in [0.2, 0.25) is 0 Å². The van der Waals surface area contributed by atoms with E-state index in [2.05, 4.69) is 193 Å². The average molecular weight is 820 g/mol. The van der Waals surface area contributed by atoms with Gasteiger partial charge in [0.25, 0.3) is 0 Å². The van der Waals surface area contributed by atoms with Crippen molar-refractivity contribution in [2.45, 2.75) is 0 Å². The van der Waals surface area contributed by atoms with Gasteiger partial charge < -0.3 is 18.2 Å². The van der Waals surface area contributed by atoms with E-state index in [1.165, 1.54) is 22.3 Å². The molecule has 3 aromatic heterocycles. The molecule has 4 nitrogen and oxygen atoms in total. The summed E-state index contributed by atoms with van der Waals surface area (Å²) < 4.78 is 20.1. The summed E-state index contributed by atoms with van der Waals surface area (Å²) in [7, 11) is 0. The van der Waals surface area contributed by atoms with Crippen molar-refractivity contribution in [2.75, 3.05) is 4.90 Å². The molecule has 0 aliphatic carbocycles. The Hall–Kier alpha value is -8.60. The van der Waals surface area contributed by atoms with E-state index in [9.17, 15) is 0 Å². The standard InChI is InChI=1S/C60H37NO3/c1-3-12-38(13-4-1)40-22-28-43(29-23-40)61(44-30-24-41(25-31-44)39-14-5-2-6-15-39)45-32-26-42(27-33-45)46-34-35-51-58-55(37-36-54-57(58)49-17-8-10-21-53(49)62-54)64-60(51)56(46)50-19-11-18-48-47-16-7-9-20-52(47)63-59(48)50/h1-37H. The molecule has 0 aliphatic rings. The Kier molecular flexibility index (Phi) is 8.18. The van der Waals surface area contributed by atoms with Crippen LogP contribution in [0, 0.1) is 0 Å². The first-order valence-electron chi connectivity index (χ1n) is 21.7. The van der Waals surface area contributed by atoms with Gasteiger partial charge in [-0.05, 0) is 100 Å². The largest absolute Gasteiger partial charge is 0.456 e. The maximum absolute atomic E-state index is 7.02. The van der Waals surface area contributed by atoms with Gasteiger partial charge in [-0.25, -0.2) is 0 Å². The summed E-state index contributed by atoms with van der Waals surface area (Å²) in [5, 5.41) is 6.36. The van der Waals surface area contributed by atoms with Crippen LogP contribution >= 0.6 is 0 Å². The molecular formula is C60H37NO3. The molecular weight excluding hydrogens is 783 g/mol. The third-order valence-corrected chi connectivity index (χ3v) is 12.7. The Morgan fingerprint density at radius 1 is 0.250 bits per heavy atom. The van der Waals surface area contributed by atoms with E-state index in [1.807, 2.05) is 36.4 Å². The highest BCUT2D eigenvalue weighted by atomic mass is 16.3. The minimum atomic E-state index is 0.806. The Labute approximate surface area is 368 Å². The third-order valence-electron chi connectivity index (χ3n) is 12.7. The van der Waals surface area contributed by atoms with E-state index >= 15 is 0 Å². The fourth-order valence-corrected chi connectivity index (χ4v) is 9.70. The third kappa shape index (κ3) is 5.77. The molecule has 0 unspecified atom stereocenters. The number of hydrogen-bond donors (Lipinski definition) is 0. The fraction of sp³-hybridized carbons (Fsp3) is 0. The monoisotopic (exact) mass is 819 g/mol. The second-order valence-electron chi connectivity index (χ2n) is 16.4. The van der Waals surface area contributed by atoms with Gasteiger partial charge in [-0.2, -0.15) is 0 Å². The molecule has 0 saturated carbocycles. The Balaban J connectivity index is 0.994. The molecule has 10 aromatic carbocycles. The molecule has 0 spiro atoms. The zero-order valence-electron chi connectivity index (χ0n) is 34.5. The van der Waals surface area contributed by atoms with E-state index in [0.717, 1.165) is 105 Å². The molecule has 13 rings (SSSR count). The van der Waals surface area contributed by atoms with E-state index in [0.29, 0.717) is 0 Å². The maximum atomic E-state index is 7.02. The van der Waals surface area contributed by atoms with E-state index < -0.39 is 0 Å². The predicted molar refractivity (Wildman–Crippen MR) is 265 cm³/mol. The molecule has 4 heteroatoms. The van der Waals surface area contributed by atoms with Gasteiger partial charge in [-0.1, -0.05) is 158 Å². The number of nitrogens with zero attached hydrogens (tertiary/aromatic N) is 1. The summed E-state index contributed by atoms with van der Waals surface area (Å²) in [4.78, 5) is 2.33. The number of rotatable bonds is 7. The van der Waals surface area contributed by atoms with Gasteiger partial charge in [0.05, 0.1) is 0 Å². The lowest BCUT2D eigenvalue weighted by atomic mass is 9.91. The van der Waals surface area contributed by atoms with E-state index in [1.54, 1.807) is 0 Å². The van der Waals surface area contributed by atoms with Crippen LogP contribution in [0.3, 0.4) is 0 Å². The van der Waals surface area contributed by atoms with E-state index in [4.69, 9.17) is 13.3 Å². The number of furan rings is 3. The van der Waals surface area contributed by atoms with Gasteiger partial charge in [-0.15, -0.1) is 0 Å². The van der Waals surface area contributed by atoms with Crippen LogP contribution in [0.1, 0.15) is 0 Å². The lowest BCUT2D eigenvalue weighted by molar-refractivity contribution is 0.662. The molecule has 0 atom stereocenters. The zero-order chi connectivity index (χ0) is 42.1. The van der Waals surface area contributed by atoms with Crippen molar-refractivity contribution < 1.29 is 13.3 Å². The molecule has 0 fully saturated rings. The van der Waals surface area contributed by atoms with Crippen LogP contribution in [-0.4, -0.2) is 0 Å². The van der Waals surface area contributed by atoms with Crippen molar-refractivity contribution in [3.05, 3.63) is 224 Å². The van der Waals surface area contributed by atoms with Crippen molar-refractivity contribution in [2.24, 2.45) is 0 Å². The van der Waals surface area contributed by atoms with E-state index in [-0.39, 0.29) is 0 Å². The highest BCUT2D eigenvalue weighted by Gasteiger charge is 2.24. The number of fused-ring (bicyclic) bond motifs is 10. The van der Waals surface area contributed by atoms with Gasteiger partial charge in [0.15, 0.2) is 0 Å². The van der Waals surface area contributed by atoms with Crippen LogP contribution in [0.15, 0.2) is 238 Å². The summed E-state index contributed by atoms with van der Waals surface area (Å²) in [6, 6.07) is 79.1. The van der Waals surface area contributed by atoms with Crippen molar-refractivity contribution >= 4 is 82.9 Å². The molecule has 0 N–H and O–H groups in total. The normalized spacial score (nSPS) is 11.8. The highest BCUT2D eigenvalue weighted by Crippen LogP contribution is 2.48. The van der Waals surface area contributed by atoms with Crippen molar-refractivity contribution in [3.63, 3.8) is 0 Å². The Morgan fingerprint density at radius 3 is 1.34 bits per heavy atom.